The Bertz CT molecular complexity index is 343. The number of hydrogen-bond donors (Lipinski definition) is 1. The number of nitrogens with zero attached hydrogens (tertiary/aromatic N) is 2. The zero-order chi connectivity index (χ0) is 11.6. The summed E-state index contributed by atoms with van der Waals surface area (Å²) in [6.07, 6.45) is 3.50. The van der Waals surface area contributed by atoms with Gasteiger partial charge in [-0.1, -0.05) is 11.6 Å². The van der Waals surface area contributed by atoms with Crippen molar-refractivity contribution in [1.29, 1.82) is 0 Å². The largest absolute Gasteiger partial charge is 0.371 e. The van der Waals surface area contributed by atoms with E-state index in [4.69, 9.17) is 9.26 Å². The minimum absolute atomic E-state index is 0.211. The average Bonchev–Trinajstić information content (AvgIpc) is 2.80. The first-order valence-corrected chi connectivity index (χ1v) is 5.76. The molecule has 2 heterocycles. The smallest absolute Gasteiger partial charge is 0.243 e. The Morgan fingerprint density at radius 1 is 1.44 bits per heavy atom. The van der Waals surface area contributed by atoms with Crippen molar-refractivity contribution in [3.05, 3.63) is 11.7 Å². The molecule has 90 valence electrons. The maximum Gasteiger partial charge on any atom is 0.243 e. The fraction of sp³-hybridized carbons (Fsp3) is 0.818. The number of ether oxygens (including phenoxy) is 1. The number of aromatic nitrogens is 2. The van der Waals surface area contributed by atoms with Gasteiger partial charge in [-0.15, -0.1) is 0 Å². The SMILES string of the molecule is COC(C)(C)c1noc(C2CCCCN2)n1. The van der Waals surface area contributed by atoms with Crippen LogP contribution in [0, 0.1) is 0 Å². The van der Waals surface area contributed by atoms with Crippen molar-refractivity contribution in [2.45, 2.75) is 44.8 Å². The summed E-state index contributed by atoms with van der Waals surface area (Å²) >= 11 is 0. The van der Waals surface area contributed by atoms with Gasteiger partial charge in [0.15, 0.2) is 0 Å². The Morgan fingerprint density at radius 3 is 2.88 bits per heavy atom. The molecule has 0 aliphatic carbocycles. The van der Waals surface area contributed by atoms with Crippen LogP contribution in [0.3, 0.4) is 0 Å². The van der Waals surface area contributed by atoms with Crippen LogP contribution in [0.4, 0.5) is 0 Å². The molecule has 1 N–H and O–H groups in total. The summed E-state index contributed by atoms with van der Waals surface area (Å²) in [7, 11) is 1.65. The second kappa shape index (κ2) is 4.51. The fourth-order valence-corrected chi connectivity index (χ4v) is 1.78. The summed E-state index contributed by atoms with van der Waals surface area (Å²) in [4.78, 5) is 4.41. The predicted molar refractivity (Wildman–Crippen MR) is 58.9 cm³/mol. The van der Waals surface area contributed by atoms with Crippen LogP contribution in [0.1, 0.15) is 50.9 Å². The quantitative estimate of drug-likeness (QED) is 0.849. The van der Waals surface area contributed by atoms with Gasteiger partial charge in [-0.2, -0.15) is 4.98 Å². The molecule has 0 radical (unpaired) electrons. The summed E-state index contributed by atoms with van der Waals surface area (Å²) in [6.45, 7) is 4.88. The predicted octanol–water partition coefficient (Wildman–Crippen LogP) is 1.77. The van der Waals surface area contributed by atoms with Gasteiger partial charge in [-0.25, -0.2) is 0 Å². The van der Waals surface area contributed by atoms with Crippen LogP contribution in [0.2, 0.25) is 0 Å². The highest BCUT2D eigenvalue weighted by Crippen LogP contribution is 2.25. The van der Waals surface area contributed by atoms with Crippen LogP contribution in [0.25, 0.3) is 0 Å². The van der Waals surface area contributed by atoms with Crippen LogP contribution in [-0.2, 0) is 10.3 Å². The van der Waals surface area contributed by atoms with E-state index in [9.17, 15) is 0 Å². The van der Waals surface area contributed by atoms with E-state index >= 15 is 0 Å². The third-order valence-electron chi connectivity index (χ3n) is 3.10. The molecule has 1 aliphatic heterocycles. The van der Waals surface area contributed by atoms with E-state index in [2.05, 4.69) is 15.5 Å². The fourth-order valence-electron chi connectivity index (χ4n) is 1.78. The van der Waals surface area contributed by atoms with Gasteiger partial charge in [0.05, 0.1) is 6.04 Å². The molecule has 1 aromatic heterocycles. The van der Waals surface area contributed by atoms with Crippen molar-refractivity contribution >= 4 is 0 Å². The highest BCUT2D eigenvalue weighted by Gasteiger charge is 2.28. The van der Waals surface area contributed by atoms with Crippen LogP contribution in [0.5, 0.6) is 0 Å². The lowest BCUT2D eigenvalue weighted by Crippen LogP contribution is -2.27. The van der Waals surface area contributed by atoms with Gasteiger partial charge < -0.3 is 14.6 Å². The molecule has 1 fully saturated rings. The van der Waals surface area contributed by atoms with Gasteiger partial charge >= 0.3 is 0 Å². The summed E-state index contributed by atoms with van der Waals surface area (Å²) in [6, 6.07) is 0.211. The van der Waals surface area contributed by atoms with E-state index in [1.807, 2.05) is 13.8 Å². The second-order valence-corrected chi connectivity index (χ2v) is 4.67. The normalized spacial score (nSPS) is 22.3. The molecule has 5 nitrogen and oxygen atoms in total. The minimum Gasteiger partial charge on any atom is -0.371 e. The van der Waals surface area contributed by atoms with Gasteiger partial charge in [-0.3, -0.25) is 0 Å². The number of hydrogen-bond acceptors (Lipinski definition) is 5. The van der Waals surface area contributed by atoms with E-state index in [0.717, 1.165) is 13.0 Å². The van der Waals surface area contributed by atoms with Crippen molar-refractivity contribution in [3.8, 4) is 0 Å². The molecule has 0 aromatic carbocycles. The van der Waals surface area contributed by atoms with Crippen LogP contribution < -0.4 is 5.32 Å². The molecule has 2 rings (SSSR count). The molecule has 0 saturated carbocycles. The zero-order valence-corrected chi connectivity index (χ0v) is 10.1. The first-order chi connectivity index (χ1) is 7.63. The van der Waals surface area contributed by atoms with Crippen molar-refractivity contribution in [2.24, 2.45) is 0 Å². The molecule has 1 aliphatic rings. The van der Waals surface area contributed by atoms with Gasteiger partial charge in [0.25, 0.3) is 0 Å². The number of methoxy groups -OCH3 is 1. The summed E-state index contributed by atoms with van der Waals surface area (Å²) in [5.41, 5.74) is -0.490. The third-order valence-corrected chi connectivity index (χ3v) is 3.10. The van der Waals surface area contributed by atoms with E-state index in [-0.39, 0.29) is 6.04 Å². The number of nitrogens with one attached hydrogen (secondary N) is 1. The van der Waals surface area contributed by atoms with Crippen LogP contribution in [-0.4, -0.2) is 23.8 Å². The van der Waals surface area contributed by atoms with E-state index < -0.39 is 5.60 Å². The van der Waals surface area contributed by atoms with Crippen LogP contribution in [0.15, 0.2) is 4.52 Å². The van der Waals surface area contributed by atoms with Crippen molar-refractivity contribution in [1.82, 2.24) is 15.5 Å². The first-order valence-electron chi connectivity index (χ1n) is 5.76. The van der Waals surface area contributed by atoms with Crippen molar-refractivity contribution in [2.75, 3.05) is 13.7 Å². The Labute approximate surface area is 95.6 Å². The first kappa shape index (κ1) is 11.5. The van der Waals surface area contributed by atoms with Gasteiger partial charge in [0.1, 0.15) is 5.60 Å². The zero-order valence-electron chi connectivity index (χ0n) is 10.1. The highest BCUT2D eigenvalue weighted by molar-refractivity contribution is 5.00. The lowest BCUT2D eigenvalue weighted by molar-refractivity contribution is 0.00973. The van der Waals surface area contributed by atoms with Gasteiger partial charge in [-0.05, 0) is 33.2 Å². The molecule has 16 heavy (non-hydrogen) atoms. The maximum atomic E-state index is 5.32. The minimum atomic E-state index is -0.490. The summed E-state index contributed by atoms with van der Waals surface area (Å²) in [5.74, 6) is 1.29. The Morgan fingerprint density at radius 2 is 2.25 bits per heavy atom. The Balaban J connectivity index is 2.12. The van der Waals surface area contributed by atoms with Gasteiger partial charge in [0.2, 0.25) is 11.7 Å². The molecular weight excluding hydrogens is 206 g/mol. The van der Waals surface area contributed by atoms with Crippen molar-refractivity contribution in [3.63, 3.8) is 0 Å². The molecule has 0 bridgehead atoms. The van der Waals surface area contributed by atoms with Gasteiger partial charge in [0, 0.05) is 7.11 Å². The van der Waals surface area contributed by atoms with E-state index in [1.54, 1.807) is 7.11 Å². The standard InChI is InChI=1S/C11H19N3O2/c1-11(2,15-3)10-13-9(16-14-10)8-6-4-5-7-12-8/h8,12H,4-7H2,1-3H3. The van der Waals surface area contributed by atoms with E-state index in [0.29, 0.717) is 11.7 Å². The number of rotatable bonds is 3. The second-order valence-electron chi connectivity index (χ2n) is 4.67. The molecule has 0 spiro atoms. The molecule has 1 saturated heterocycles. The topological polar surface area (TPSA) is 60.2 Å². The monoisotopic (exact) mass is 225 g/mol. The maximum absolute atomic E-state index is 5.32. The molecule has 5 heteroatoms. The molecule has 1 aromatic rings. The average molecular weight is 225 g/mol. The third kappa shape index (κ3) is 2.25. The highest BCUT2D eigenvalue weighted by atomic mass is 16.5. The molecule has 1 atom stereocenters. The summed E-state index contributed by atoms with van der Waals surface area (Å²) < 4.78 is 10.6. The lowest BCUT2D eigenvalue weighted by Gasteiger charge is -2.20. The molecule has 1 unspecified atom stereocenters. The number of piperidine rings is 1. The Kier molecular flexibility index (Phi) is 3.25. The van der Waals surface area contributed by atoms with Crippen molar-refractivity contribution < 1.29 is 9.26 Å². The summed E-state index contributed by atoms with van der Waals surface area (Å²) in [5, 5.41) is 7.36. The van der Waals surface area contributed by atoms with Crippen LogP contribution >= 0.6 is 0 Å². The molecular formula is C11H19N3O2. The Hall–Kier alpha value is -0.940. The van der Waals surface area contributed by atoms with E-state index in [1.165, 1.54) is 12.8 Å². The lowest BCUT2D eigenvalue weighted by atomic mass is 10.1. The molecule has 0 amide bonds.